The molecule has 0 spiro atoms. The number of benzene rings is 9. The van der Waals surface area contributed by atoms with Gasteiger partial charge >= 0.3 is 0 Å². The lowest BCUT2D eigenvalue weighted by molar-refractivity contribution is 0.670. The van der Waals surface area contributed by atoms with Crippen LogP contribution in [0.4, 0.5) is 0 Å². The number of nitrogens with zero attached hydrogens (tertiary/aromatic N) is 3. The van der Waals surface area contributed by atoms with Gasteiger partial charge in [0.05, 0.1) is 5.41 Å². The molecule has 0 amide bonds. The van der Waals surface area contributed by atoms with E-state index in [0.29, 0.717) is 17.5 Å². The van der Waals surface area contributed by atoms with Crippen LogP contribution in [0.2, 0.25) is 0 Å². The summed E-state index contributed by atoms with van der Waals surface area (Å²) in [5, 5.41) is 2.14. The Morgan fingerprint density at radius 2 is 0.806 bits per heavy atom. The number of hydrogen-bond donors (Lipinski definition) is 0. The monoisotopic (exact) mass is 791 g/mol. The zero-order chi connectivity index (χ0) is 41.0. The summed E-state index contributed by atoms with van der Waals surface area (Å²) in [6.45, 7) is 0. The van der Waals surface area contributed by atoms with Crippen LogP contribution in [0.15, 0.2) is 229 Å². The average Bonchev–Trinajstić information content (AvgIpc) is 3.88. The van der Waals surface area contributed by atoms with Crippen LogP contribution in [0.1, 0.15) is 22.3 Å². The molecule has 0 fully saturated rings. The Balaban J connectivity index is 1.18. The van der Waals surface area contributed by atoms with Crippen molar-refractivity contribution in [3.63, 3.8) is 0 Å². The molecule has 1 aliphatic rings. The van der Waals surface area contributed by atoms with Crippen LogP contribution in [0.25, 0.3) is 89.5 Å². The van der Waals surface area contributed by atoms with Gasteiger partial charge in [-0.05, 0) is 68.3 Å². The third kappa shape index (κ3) is 5.65. The Morgan fingerprint density at radius 1 is 0.306 bits per heavy atom. The highest BCUT2D eigenvalue weighted by Crippen LogP contribution is 2.58. The fourth-order valence-electron chi connectivity index (χ4n) is 9.64. The minimum Gasteiger partial charge on any atom is -0.455 e. The first kappa shape index (κ1) is 35.7. The van der Waals surface area contributed by atoms with E-state index in [0.717, 1.165) is 66.4 Å². The Hall–Kier alpha value is -8.21. The van der Waals surface area contributed by atoms with Crippen molar-refractivity contribution in [2.45, 2.75) is 5.41 Å². The molecule has 4 nitrogen and oxygen atoms in total. The maximum absolute atomic E-state index is 6.81. The van der Waals surface area contributed by atoms with Gasteiger partial charge in [0.1, 0.15) is 11.2 Å². The van der Waals surface area contributed by atoms with Crippen molar-refractivity contribution in [3.8, 4) is 67.5 Å². The summed E-state index contributed by atoms with van der Waals surface area (Å²) in [7, 11) is 0. The zero-order valence-corrected chi connectivity index (χ0v) is 33.6. The molecule has 4 heteroatoms. The smallest absolute Gasteiger partial charge is 0.164 e. The van der Waals surface area contributed by atoms with Crippen LogP contribution in [-0.2, 0) is 5.41 Å². The maximum atomic E-state index is 6.81. The number of furan rings is 1. The fourth-order valence-corrected chi connectivity index (χ4v) is 9.64. The molecule has 0 aliphatic heterocycles. The number of fused-ring (bicyclic) bond motifs is 6. The van der Waals surface area contributed by atoms with Gasteiger partial charge in [-0.1, -0.05) is 206 Å². The van der Waals surface area contributed by atoms with E-state index in [1.54, 1.807) is 0 Å². The molecule has 2 heterocycles. The van der Waals surface area contributed by atoms with Crippen molar-refractivity contribution in [1.29, 1.82) is 0 Å². The molecule has 290 valence electrons. The van der Waals surface area contributed by atoms with Crippen LogP contribution in [-0.4, -0.2) is 15.0 Å². The summed E-state index contributed by atoms with van der Waals surface area (Å²) >= 11 is 0. The van der Waals surface area contributed by atoms with Gasteiger partial charge in [-0.25, -0.2) is 15.0 Å². The fraction of sp³-hybridized carbons (Fsp3) is 0.0172. The standard InChI is InChI=1S/C58H37N3O/c1-5-18-38(19-6-1)39-32-34-41(35-33-39)56-59-55(40-20-7-2-8-21-40)60-57(61-56)50-36-49-44-26-13-15-30-51(44)58(42-22-9-3-10-23-42,43-24-11-4-12-25-43)52(49)37-48(50)47-29-17-28-46-45-27-14-16-31-53(45)62-54(46)47/h1-37H. The van der Waals surface area contributed by atoms with Gasteiger partial charge in [-0.15, -0.1) is 0 Å². The SMILES string of the molecule is c1ccc(-c2ccc(-c3nc(-c4ccccc4)nc(-c4cc5c(cc4-c4cccc6c4oc4ccccc46)C(c4ccccc4)(c4ccccc4)c4ccccc4-5)n3)cc2)cc1. The molecule has 0 N–H and O–H groups in total. The lowest BCUT2D eigenvalue weighted by Gasteiger charge is -2.34. The second-order valence-electron chi connectivity index (χ2n) is 15.9. The second kappa shape index (κ2) is 14.5. The van der Waals surface area contributed by atoms with E-state index in [4.69, 9.17) is 19.4 Å². The molecule has 62 heavy (non-hydrogen) atoms. The van der Waals surface area contributed by atoms with E-state index in [2.05, 4.69) is 188 Å². The van der Waals surface area contributed by atoms with E-state index in [-0.39, 0.29) is 0 Å². The average molecular weight is 792 g/mol. The molecule has 0 saturated carbocycles. The summed E-state index contributed by atoms with van der Waals surface area (Å²) in [4.78, 5) is 15.9. The van der Waals surface area contributed by atoms with Crippen molar-refractivity contribution >= 4 is 21.9 Å². The molecule has 2 aromatic heterocycles. The molecule has 9 aromatic carbocycles. The second-order valence-corrected chi connectivity index (χ2v) is 15.9. The Bertz CT molecular complexity index is 3390. The summed E-state index contributed by atoms with van der Waals surface area (Å²) in [6, 6.07) is 79.3. The first-order valence-electron chi connectivity index (χ1n) is 21.0. The molecule has 1 aliphatic carbocycles. The summed E-state index contributed by atoms with van der Waals surface area (Å²) in [5.74, 6) is 1.79. The summed E-state index contributed by atoms with van der Waals surface area (Å²) in [6.07, 6.45) is 0. The van der Waals surface area contributed by atoms with E-state index >= 15 is 0 Å². The Labute approximate surface area is 359 Å². The Morgan fingerprint density at radius 3 is 1.50 bits per heavy atom. The first-order valence-corrected chi connectivity index (χ1v) is 21.0. The van der Waals surface area contributed by atoms with Gasteiger partial charge in [-0.3, -0.25) is 0 Å². The summed E-state index contributed by atoms with van der Waals surface area (Å²) < 4.78 is 6.81. The quantitative estimate of drug-likeness (QED) is 0.161. The van der Waals surface area contributed by atoms with Gasteiger partial charge < -0.3 is 4.42 Å². The number of para-hydroxylation sites is 2. The molecular formula is C58H37N3O. The third-order valence-electron chi connectivity index (χ3n) is 12.4. The van der Waals surface area contributed by atoms with Gasteiger partial charge in [0.25, 0.3) is 0 Å². The van der Waals surface area contributed by atoms with Crippen LogP contribution in [0.3, 0.4) is 0 Å². The van der Waals surface area contributed by atoms with Crippen LogP contribution in [0, 0.1) is 0 Å². The predicted octanol–water partition coefficient (Wildman–Crippen LogP) is 14.5. The summed E-state index contributed by atoms with van der Waals surface area (Å²) in [5.41, 5.74) is 15.2. The lowest BCUT2D eigenvalue weighted by atomic mass is 9.67. The van der Waals surface area contributed by atoms with E-state index in [1.807, 2.05) is 36.4 Å². The maximum Gasteiger partial charge on any atom is 0.164 e. The van der Waals surface area contributed by atoms with Crippen molar-refractivity contribution in [3.05, 3.63) is 247 Å². The third-order valence-corrected chi connectivity index (χ3v) is 12.4. The highest BCUT2D eigenvalue weighted by Gasteiger charge is 2.46. The van der Waals surface area contributed by atoms with Crippen molar-refractivity contribution in [1.82, 2.24) is 15.0 Å². The zero-order valence-electron chi connectivity index (χ0n) is 33.6. The van der Waals surface area contributed by atoms with Gasteiger partial charge in [0, 0.05) is 33.0 Å². The molecule has 0 saturated heterocycles. The number of aromatic nitrogens is 3. The largest absolute Gasteiger partial charge is 0.455 e. The van der Waals surface area contributed by atoms with Gasteiger partial charge in [0.15, 0.2) is 17.5 Å². The van der Waals surface area contributed by atoms with E-state index in [1.165, 1.54) is 27.8 Å². The van der Waals surface area contributed by atoms with Crippen LogP contribution in [0.5, 0.6) is 0 Å². The number of rotatable bonds is 7. The Kier molecular flexibility index (Phi) is 8.36. The molecular weight excluding hydrogens is 755 g/mol. The minimum atomic E-state index is -0.608. The van der Waals surface area contributed by atoms with Crippen molar-refractivity contribution in [2.75, 3.05) is 0 Å². The minimum absolute atomic E-state index is 0.585. The van der Waals surface area contributed by atoms with Crippen molar-refractivity contribution < 1.29 is 4.42 Å². The molecule has 0 atom stereocenters. The highest BCUT2D eigenvalue weighted by molar-refractivity contribution is 6.11. The normalized spacial score (nSPS) is 12.6. The number of hydrogen-bond acceptors (Lipinski definition) is 4. The topological polar surface area (TPSA) is 51.8 Å². The van der Waals surface area contributed by atoms with Crippen molar-refractivity contribution in [2.24, 2.45) is 0 Å². The molecule has 0 bridgehead atoms. The first-order chi connectivity index (χ1) is 30.7. The van der Waals surface area contributed by atoms with Crippen LogP contribution < -0.4 is 0 Å². The van der Waals surface area contributed by atoms with E-state index in [9.17, 15) is 0 Å². The van der Waals surface area contributed by atoms with Gasteiger partial charge in [0.2, 0.25) is 0 Å². The predicted molar refractivity (Wildman–Crippen MR) is 252 cm³/mol. The molecule has 11 aromatic rings. The highest BCUT2D eigenvalue weighted by atomic mass is 16.3. The van der Waals surface area contributed by atoms with Gasteiger partial charge in [-0.2, -0.15) is 0 Å². The molecule has 0 radical (unpaired) electrons. The van der Waals surface area contributed by atoms with E-state index < -0.39 is 5.41 Å². The molecule has 0 unspecified atom stereocenters. The lowest BCUT2D eigenvalue weighted by Crippen LogP contribution is -2.28. The van der Waals surface area contributed by atoms with Crippen LogP contribution >= 0.6 is 0 Å². The molecule has 12 rings (SSSR count).